The highest BCUT2D eigenvalue weighted by atomic mass is 16.6. The predicted octanol–water partition coefficient (Wildman–Crippen LogP) is 2.59. The quantitative estimate of drug-likeness (QED) is 0.881. The van der Waals surface area contributed by atoms with Gasteiger partial charge in [-0.25, -0.2) is 9.59 Å². The molecule has 20 heavy (non-hydrogen) atoms. The molecule has 7 nitrogen and oxygen atoms in total. The van der Waals surface area contributed by atoms with Crippen molar-refractivity contribution in [1.29, 1.82) is 0 Å². The van der Waals surface area contributed by atoms with Crippen LogP contribution in [0.15, 0.2) is 10.6 Å². The Morgan fingerprint density at radius 1 is 1.40 bits per heavy atom. The summed E-state index contributed by atoms with van der Waals surface area (Å²) in [7, 11) is 0. The molecule has 1 rings (SSSR count). The van der Waals surface area contributed by atoms with Crippen LogP contribution in [0, 0.1) is 5.92 Å². The molecule has 2 N–H and O–H groups in total. The van der Waals surface area contributed by atoms with Crippen LogP contribution in [0.3, 0.4) is 0 Å². The Balaban J connectivity index is 2.84. The minimum absolute atomic E-state index is 0.00531. The van der Waals surface area contributed by atoms with Crippen molar-refractivity contribution in [2.75, 3.05) is 0 Å². The van der Waals surface area contributed by atoms with Gasteiger partial charge in [0.05, 0.1) is 6.04 Å². The van der Waals surface area contributed by atoms with Crippen molar-refractivity contribution in [3.8, 4) is 0 Å². The number of carbonyl (C=O) groups is 2. The van der Waals surface area contributed by atoms with E-state index in [0.717, 1.165) is 0 Å². The Bertz CT molecular complexity index is 487. The van der Waals surface area contributed by atoms with Crippen LogP contribution < -0.4 is 5.32 Å². The summed E-state index contributed by atoms with van der Waals surface area (Å²) in [6.45, 7) is 9.02. The largest absolute Gasteiger partial charge is 0.475 e. The van der Waals surface area contributed by atoms with E-state index < -0.39 is 23.7 Å². The normalized spacial score (nSPS) is 13.1. The second-order valence-electron chi connectivity index (χ2n) is 5.79. The number of aromatic carboxylic acids is 1. The maximum Gasteiger partial charge on any atom is 0.408 e. The zero-order chi connectivity index (χ0) is 15.5. The fourth-order valence-electron chi connectivity index (χ4n) is 1.55. The summed E-state index contributed by atoms with van der Waals surface area (Å²) in [4.78, 5) is 22.6. The van der Waals surface area contributed by atoms with Gasteiger partial charge in [-0.15, -0.1) is 0 Å². The number of alkyl carbamates (subject to hydrolysis) is 1. The Labute approximate surface area is 117 Å². The highest BCUT2D eigenvalue weighted by Gasteiger charge is 2.26. The molecule has 0 radical (unpaired) electrons. The molecule has 0 saturated carbocycles. The van der Waals surface area contributed by atoms with Gasteiger partial charge in [0.2, 0.25) is 5.76 Å². The molecule has 1 amide bonds. The van der Waals surface area contributed by atoms with Crippen molar-refractivity contribution in [2.24, 2.45) is 5.92 Å². The lowest BCUT2D eigenvalue weighted by Gasteiger charge is -2.24. The molecule has 1 heterocycles. The summed E-state index contributed by atoms with van der Waals surface area (Å²) in [5.41, 5.74) is -0.259. The van der Waals surface area contributed by atoms with Gasteiger partial charge in [-0.3, -0.25) is 0 Å². The molecule has 7 heteroatoms. The van der Waals surface area contributed by atoms with Crippen molar-refractivity contribution in [2.45, 2.75) is 46.3 Å². The molecule has 0 fully saturated rings. The summed E-state index contributed by atoms with van der Waals surface area (Å²) in [6, 6.07) is 0.811. The lowest BCUT2D eigenvalue weighted by atomic mass is 10.0. The van der Waals surface area contributed by atoms with Gasteiger partial charge in [0.1, 0.15) is 11.3 Å². The van der Waals surface area contributed by atoms with Gasteiger partial charge in [-0.05, 0) is 26.7 Å². The van der Waals surface area contributed by atoms with Gasteiger partial charge < -0.3 is 19.7 Å². The molecule has 0 aliphatic carbocycles. The van der Waals surface area contributed by atoms with E-state index >= 15 is 0 Å². The monoisotopic (exact) mass is 284 g/mol. The average molecular weight is 284 g/mol. The first kappa shape index (κ1) is 16.0. The number of amides is 1. The summed E-state index contributed by atoms with van der Waals surface area (Å²) >= 11 is 0. The smallest absolute Gasteiger partial charge is 0.408 e. The lowest BCUT2D eigenvalue weighted by Crippen LogP contribution is -2.37. The number of hydrogen-bond acceptors (Lipinski definition) is 5. The minimum Gasteiger partial charge on any atom is -0.475 e. The van der Waals surface area contributed by atoms with Gasteiger partial charge in [-0.2, -0.15) is 0 Å². The number of carboxylic acids is 1. The molecule has 1 atom stereocenters. The first-order valence-electron chi connectivity index (χ1n) is 6.29. The molecule has 0 bridgehead atoms. The van der Waals surface area contributed by atoms with Crippen LogP contribution in [-0.2, 0) is 4.74 Å². The molecule has 112 valence electrons. The van der Waals surface area contributed by atoms with Crippen molar-refractivity contribution in [3.63, 3.8) is 0 Å². The number of nitrogens with one attached hydrogen (secondary N) is 1. The maximum absolute atomic E-state index is 11.8. The number of hydrogen-bond donors (Lipinski definition) is 2. The van der Waals surface area contributed by atoms with Crippen LogP contribution in [-0.4, -0.2) is 27.9 Å². The summed E-state index contributed by atoms with van der Waals surface area (Å²) in [5.74, 6) is -1.48. The van der Waals surface area contributed by atoms with E-state index in [0.29, 0.717) is 5.69 Å². The van der Waals surface area contributed by atoms with Crippen LogP contribution in [0.25, 0.3) is 0 Å². The predicted molar refractivity (Wildman–Crippen MR) is 70.4 cm³/mol. The Morgan fingerprint density at radius 2 is 2.00 bits per heavy atom. The first-order chi connectivity index (χ1) is 9.10. The standard InChI is InChI=1S/C13H20N2O5/c1-7(2)10(14-12(18)19-13(3,4)5)8-6-9(11(16)17)20-15-8/h6-7,10H,1-5H3,(H,14,18)(H,16,17). The van der Waals surface area contributed by atoms with Crippen LogP contribution in [0.4, 0.5) is 4.79 Å². The summed E-state index contributed by atoms with van der Waals surface area (Å²) in [5, 5.41) is 15.2. The Morgan fingerprint density at radius 3 is 2.40 bits per heavy atom. The van der Waals surface area contributed by atoms with Crippen molar-refractivity contribution >= 4 is 12.1 Å². The van der Waals surface area contributed by atoms with Gasteiger partial charge in [-0.1, -0.05) is 19.0 Å². The fraction of sp³-hybridized carbons (Fsp3) is 0.615. The molecule has 0 saturated heterocycles. The third kappa shape index (κ3) is 4.56. The van der Waals surface area contributed by atoms with Gasteiger partial charge in [0.15, 0.2) is 0 Å². The Hall–Kier alpha value is -2.05. The number of carboxylic acid groups (broad SMARTS) is 1. The molecule has 0 aliphatic heterocycles. The van der Waals surface area contributed by atoms with E-state index in [1.807, 2.05) is 13.8 Å². The average Bonchev–Trinajstić information content (AvgIpc) is 2.71. The first-order valence-corrected chi connectivity index (χ1v) is 6.29. The molecule has 1 unspecified atom stereocenters. The third-order valence-corrected chi connectivity index (χ3v) is 2.40. The van der Waals surface area contributed by atoms with Crippen LogP contribution >= 0.6 is 0 Å². The summed E-state index contributed by atoms with van der Waals surface area (Å²) < 4.78 is 9.87. The van der Waals surface area contributed by atoms with E-state index in [1.54, 1.807) is 20.8 Å². The van der Waals surface area contributed by atoms with Gasteiger partial charge >= 0.3 is 12.1 Å². The second kappa shape index (κ2) is 5.94. The molecular formula is C13H20N2O5. The number of aromatic nitrogens is 1. The van der Waals surface area contributed by atoms with E-state index in [4.69, 9.17) is 14.4 Å². The maximum atomic E-state index is 11.8. The highest BCUT2D eigenvalue weighted by molar-refractivity contribution is 5.84. The number of ether oxygens (including phenoxy) is 1. The van der Waals surface area contributed by atoms with Crippen molar-refractivity contribution in [3.05, 3.63) is 17.5 Å². The SMILES string of the molecule is CC(C)C(NC(=O)OC(C)(C)C)c1cc(C(=O)O)on1. The lowest BCUT2D eigenvalue weighted by molar-refractivity contribution is 0.0486. The van der Waals surface area contributed by atoms with Gasteiger partial charge in [0.25, 0.3) is 0 Å². The number of rotatable bonds is 4. The topological polar surface area (TPSA) is 102 Å². The number of nitrogens with zero attached hydrogens (tertiary/aromatic N) is 1. The molecular weight excluding hydrogens is 264 g/mol. The van der Waals surface area contributed by atoms with E-state index in [2.05, 4.69) is 10.5 Å². The van der Waals surface area contributed by atoms with Crippen molar-refractivity contribution < 1.29 is 24.0 Å². The van der Waals surface area contributed by atoms with Crippen LogP contribution in [0.1, 0.15) is 56.9 Å². The molecule has 1 aromatic heterocycles. The van der Waals surface area contributed by atoms with E-state index in [1.165, 1.54) is 6.07 Å². The van der Waals surface area contributed by atoms with Crippen molar-refractivity contribution in [1.82, 2.24) is 10.5 Å². The minimum atomic E-state index is -1.21. The van der Waals surface area contributed by atoms with E-state index in [-0.39, 0.29) is 11.7 Å². The van der Waals surface area contributed by atoms with Crippen LogP contribution in [0.5, 0.6) is 0 Å². The highest BCUT2D eigenvalue weighted by Crippen LogP contribution is 2.22. The molecule has 0 aromatic carbocycles. The molecule has 0 aliphatic rings. The fourth-order valence-corrected chi connectivity index (χ4v) is 1.55. The van der Waals surface area contributed by atoms with Gasteiger partial charge in [0, 0.05) is 6.07 Å². The molecule has 0 spiro atoms. The zero-order valence-electron chi connectivity index (χ0n) is 12.3. The number of carbonyl (C=O) groups excluding carboxylic acids is 1. The third-order valence-electron chi connectivity index (χ3n) is 2.40. The molecule has 1 aromatic rings. The zero-order valence-corrected chi connectivity index (χ0v) is 12.3. The Kier molecular flexibility index (Phi) is 4.75. The summed E-state index contributed by atoms with van der Waals surface area (Å²) in [6.07, 6.45) is -0.587. The van der Waals surface area contributed by atoms with Crippen LogP contribution in [0.2, 0.25) is 0 Å². The second-order valence-corrected chi connectivity index (χ2v) is 5.79. The van der Waals surface area contributed by atoms with E-state index in [9.17, 15) is 9.59 Å².